The summed E-state index contributed by atoms with van der Waals surface area (Å²) in [7, 11) is 0. The van der Waals surface area contributed by atoms with Gasteiger partial charge in [-0.15, -0.1) is 0 Å². The lowest BCUT2D eigenvalue weighted by atomic mass is 10.1. The lowest BCUT2D eigenvalue weighted by Gasteiger charge is -2.20. The van der Waals surface area contributed by atoms with Gasteiger partial charge in [-0.2, -0.15) is 0 Å². The number of aryl methyl sites for hydroxylation is 1. The third-order valence-corrected chi connectivity index (χ3v) is 4.22. The van der Waals surface area contributed by atoms with Crippen LogP contribution < -0.4 is 10.6 Å². The Morgan fingerprint density at radius 3 is 2.52 bits per heavy atom. The van der Waals surface area contributed by atoms with Crippen LogP contribution in [0, 0.1) is 5.92 Å². The largest absolute Gasteiger partial charge is 0.353 e. The first kappa shape index (κ1) is 17.1. The summed E-state index contributed by atoms with van der Waals surface area (Å²) in [5, 5.41) is 5.97. The van der Waals surface area contributed by atoms with E-state index in [4.69, 9.17) is 0 Å². The van der Waals surface area contributed by atoms with E-state index >= 15 is 0 Å². The first-order valence-electron chi connectivity index (χ1n) is 8.58. The Bertz CT molecular complexity index is 702. The van der Waals surface area contributed by atoms with E-state index in [2.05, 4.69) is 20.6 Å². The summed E-state index contributed by atoms with van der Waals surface area (Å²) in [5.74, 6) is 0.181. The van der Waals surface area contributed by atoms with E-state index in [1.165, 1.54) is 6.33 Å². The van der Waals surface area contributed by atoms with Crippen molar-refractivity contribution in [3.8, 4) is 0 Å². The van der Waals surface area contributed by atoms with Gasteiger partial charge in [-0.1, -0.05) is 30.3 Å². The molecular formula is C19H22N4O2. The molecule has 1 aliphatic rings. The summed E-state index contributed by atoms with van der Waals surface area (Å²) in [6.07, 6.45) is 7.77. The van der Waals surface area contributed by atoms with Crippen molar-refractivity contribution in [1.29, 1.82) is 0 Å². The van der Waals surface area contributed by atoms with Crippen LogP contribution in [0.5, 0.6) is 0 Å². The summed E-state index contributed by atoms with van der Waals surface area (Å²) >= 11 is 0. The van der Waals surface area contributed by atoms with Gasteiger partial charge in [0.15, 0.2) is 0 Å². The van der Waals surface area contributed by atoms with Crippen LogP contribution in [0.4, 0.5) is 0 Å². The van der Waals surface area contributed by atoms with Crippen molar-refractivity contribution in [3.63, 3.8) is 0 Å². The van der Waals surface area contributed by atoms with E-state index in [-0.39, 0.29) is 23.8 Å². The molecule has 0 radical (unpaired) electrons. The van der Waals surface area contributed by atoms with Gasteiger partial charge in [-0.05, 0) is 30.4 Å². The summed E-state index contributed by atoms with van der Waals surface area (Å²) in [6, 6.07) is 9.47. The fourth-order valence-corrected chi connectivity index (χ4v) is 2.61. The topological polar surface area (TPSA) is 84.0 Å². The molecule has 130 valence electrons. The second kappa shape index (κ2) is 8.37. The van der Waals surface area contributed by atoms with Crippen LogP contribution in [-0.2, 0) is 16.0 Å². The number of carbonyl (C=O) groups is 2. The highest BCUT2D eigenvalue weighted by atomic mass is 16.2. The highest BCUT2D eigenvalue weighted by Crippen LogP contribution is 2.28. The molecule has 2 N–H and O–H groups in total. The molecule has 1 aliphatic carbocycles. The molecule has 1 heterocycles. The third kappa shape index (κ3) is 5.38. The maximum absolute atomic E-state index is 12.3. The molecule has 1 atom stereocenters. The van der Waals surface area contributed by atoms with Crippen LogP contribution in [0.15, 0.2) is 49.1 Å². The molecule has 6 nitrogen and oxygen atoms in total. The predicted octanol–water partition coefficient (Wildman–Crippen LogP) is 1.79. The molecule has 1 aromatic carbocycles. The number of hydrogen-bond donors (Lipinski definition) is 2. The van der Waals surface area contributed by atoms with E-state index in [0.717, 1.165) is 24.0 Å². The van der Waals surface area contributed by atoms with Crippen molar-refractivity contribution >= 4 is 11.8 Å². The lowest BCUT2D eigenvalue weighted by molar-refractivity contribution is -0.124. The Morgan fingerprint density at radius 1 is 1.12 bits per heavy atom. The molecule has 2 aromatic rings. The SMILES string of the molecule is O=C(CCc1cncnc1)NC(CNC(=O)C1CC1)c1ccccc1. The second-order valence-electron chi connectivity index (χ2n) is 6.30. The number of hydrogen-bond acceptors (Lipinski definition) is 4. The molecule has 3 rings (SSSR count). The quantitative estimate of drug-likeness (QED) is 0.769. The predicted molar refractivity (Wildman–Crippen MR) is 93.4 cm³/mol. The van der Waals surface area contributed by atoms with Crippen molar-refractivity contribution in [3.05, 3.63) is 60.2 Å². The van der Waals surface area contributed by atoms with Crippen molar-refractivity contribution in [2.24, 2.45) is 5.92 Å². The van der Waals surface area contributed by atoms with Gasteiger partial charge in [0, 0.05) is 31.3 Å². The highest BCUT2D eigenvalue weighted by molar-refractivity contribution is 5.81. The number of nitrogens with zero attached hydrogens (tertiary/aromatic N) is 2. The molecular weight excluding hydrogens is 316 g/mol. The Labute approximate surface area is 147 Å². The van der Waals surface area contributed by atoms with E-state index in [1.807, 2.05) is 30.3 Å². The minimum absolute atomic E-state index is 0.0571. The van der Waals surface area contributed by atoms with Crippen LogP contribution in [0.1, 0.15) is 36.4 Å². The molecule has 1 fully saturated rings. The molecule has 25 heavy (non-hydrogen) atoms. The number of amides is 2. The Hall–Kier alpha value is -2.76. The lowest BCUT2D eigenvalue weighted by Crippen LogP contribution is -2.38. The first-order valence-corrected chi connectivity index (χ1v) is 8.58. The fourth-order valence-electron chi connectivity index (χ4n) is 2.61. The van der Waals surface area contributed by atoms with Crippen LogP contribution in [0.3, 0.4) is 0 Å². The van der Waals surface area contributed by atoms with Gasteiger partial charge < -0.3 is 10.6 Å². The molecule has 0 aliphatic heterocycles. The van der Waals surface area contributed by atoms with Crippen molar-refractivity contribution < 1.29 is 9.59 Å². The van der Waals surface area contributed by atoms with E-state index in [9.17, 15) is 9.59 Å². The summed E-state index contributed by atoms with van der Waals surface area (Å²) in [6.45, 7) is 0.402. The summed E-state index contributed by atoms with van der Waals surface area (Å²) in [4.78, 5) is 32.1. The first-order chi connectivity index (χ1) is 12.2. The zero-order valence-electron chi connectivity index (χ0n) is 14.0. The molecule has 2 amide bonds. The second-order valence-corrected chi connectivity index (χ2v) is 6.30. The van der Waals surface area contributed by atoms with E-state index in [1.54, 1.807) is 12.4 Å². The number of carbonyl (C=O) groups excluding carboxylic acids is 2. The van der Waals surface area contributed by atoms with Gasteiger partial charge >= 0.3 is 0 Å². The smallest absolute Gasteiger partial charge is 0.223 e. The van der Waals surface area contributed by atoms with Crippen molar-refractivity contribution in [1.82, 2.24) is 20.6 Å². The zero-order chi connectivity index (χ0) is 17.5. The van der Waals surface area contributed by atoms with Gasteiger partial charge in [-0.3, -0.25) is 9.59 Å². The number of benzene rings is 1. The van der Waals surface area contributed by atoms with Crippen LogP contribution in [0.2, 0.25) is 0 Å². The standard InChI is InChI=1S/C19H22N4O2/c24-18(9-6-14-10-20-13-21-11-14)23-17(15-4-2-1-3-5-15)12-22-19(25)16-7-8-16/h1-5,10-11,13,16-17H,6-9,12H2,(H,22,25)(H,23,24). The fraction of sp³-hybridized carbons (Fsp3) is 0.368. The van der Waals surface area contributed by atoms with E-state index < -0.39 is 0 Å². The average molecular weight is 338 g/mol. The average Bonchev–Trinajstić information content (AvgIpc) is 3.50. The van der Waals surface area contributed by atoms with Gasteiger partial charge in [0.2, 0.25) is 11.8 Å². The minimum atomic E-state index is -0.233. The Morgan fingerprint density at radius 2 is 1.84 bits per heavy atom. The van der Waals surface area contributed by atoms with Crippen molar-refractivity contribution in [2.75, 3.05) is 6.54 Å². The summed E-state index contributed by atoms with van der Waals surface area (Å²) in [5.41, 5.74) is 1.91. The number of rotatable bonds is 8. The van der Waals surface area contributed by atoms with Crippen LogP contribution in [-0.4, -0.2) is 28.3 Å². The van der Waals surface area contributed by atoms with Crippen molar-refractivity contribution in [2.45, 2.75) is 31.7 Å². The molecule has 1 saturated carbocycles. The maximum atomic E-state index is 12.3. The van der Waals surface area contributed by atoms with Crippen LogP contribution >= 0.6 is 0 Å². The summed E-state index contributed by atoms with van der Waals surface area (Å²) < 4.78 is 0. The van der Waals surface area contributed by atoms with Gasteiger partial charge in [0.05, 0.1) is 6.04 Å². The third-order valence-electron chi connectivity index (χ3n) is 4.22. The maximum Gasteiger partial charge on any atom is 0.223 e. The van der Waals surface area contributed by atoms with Gasteiger partial charge in [0.25, 0.3) is 0 Å². The molecule has 1 aromatic heterocycles. The van der Waals surface area contributed by atoms with Gasteiger partial charge in [-0.25, -0.2) is 9.97 Å². The molecule has 6 heteroatoms. The molecule has 0 spiro atoms. The Kier molecular flexibility index (Phi) is 5.72. The monoisotopic (exact) mass is 338 g/mol. The molecule has 0 bridgehead atoms. The highest BCUT2D eigenvalue weighted by Gasteiger charge is 2.30. The van der Waals surface area contributed by atoms with E-state index in [0.29, 0.717) is 19.4 Å². The molecule has 0 saturated heterocycles. The zero-order valence-corrected chi connectivity index (χ0v) is 14.0. The molecule has 1 unspecified atom stereocenters. The van der Waals surface area contributed by atoms with Crippen LogP contribution in [0.25, 0.3) is 0 Å². The van der Waals surface area contributed by atoms with Gasteiger partial charge in [0.1, 0.15) is 6.33 Å². The Balaban J connectivity index is 1.56. The minimum Gasteiger partial charge on any atom is -0.353 e. The normalized spacial score (nSPS) is 14.6. The number of aromatic nitrogens is 2. The number of nitrogens with one attached hydrogen (secondary N) is 2.